The summed E-state index contributed by atoms with van der Waals surface area (Å²) in [4.78, 5) is -0.136. The molecule has 1 N–H and O–H groups in total. The Morgan fingerprint density at radius 1 is 0.889 bits per heavy atom. The molecule has 1 aliphatic heterocycles. The molecule has 6 nitrogen and oxygen atoms in total. The summed E-state index contributed by atoms with van der Waals surface area (Å²) in [6.07, 6.45) is 2.64. The highest BCUT2D eigenvalue weighted by Gasteiger charge is 2.27. The van der Waals surface area contributed by atoms with Crippen molar-refractivity contribution in [1.82, 2.24) is 4.31 Å². The molecule has 0 atom stereocenters. The van der Waals surface area contributed by atoms with Crippen LogP contribution in [0.15, 0.2) is 52.3 Å². The molecule has 3 rings (SSSR count). The van der Waals surface area contributed by atoms with E-state index in [2.05, 4.69) is 4.72 Å². The first-order chi connectivity index (χ1) is 12.7. The first-order valence-corrected chi connectivity index (χ1v) is 12.0. The summed E-state index contributed by atoms with van der Waals surface area (Å²) in [7, 11) is -7.70. The van der Waals surface area contributed by atoms with Crippen molar-refractivity contribution in [3.8, 4) is 0 Å². The lowest BCUT2D eigenvalue weighted by Gasteiger charge is -2.26. The van der Waals surface area contributed by atoms with Crippen molar-refractivity contribution >= 4 is 48.9 Å². The van der Waals surface area contributed by atoms with Gasteiger partial charge in [-0.1, -0.05) is 41.8 Å². The van der Waals surface area contributed by atoms with Crippen LogP contribution in [-0.4, -0.2) is 34.2 Å². The first kappa shape index (κ1) is 20.4. The lowest BCUT2D eigenvalue weighted by molar-refractivity contribution is 0.346. The van der Waals surface area contributed by atoms with Crippen LogP contribution >= 0.6 is 23.2 Å². The number of rotatable bonds is 5. The number of nitrogens with zero attached hydrogens (tertiary/aromatic N) is 1. The van der Waals surface area contributed by atoms with Crippen molar-refractivity contribution in [3.63, 3.8) is 0 Å². The predicted octanol–water partition coefficient (Wildman–Crippen LogP) is 3.97. The van der Waals surface area contributed by atoms with Gasteiger partial charge in [0.1, 0.15) is 4.90 Å². The third-order valence-electron chi connectivity index (χ3n) is 4.24. The number of sulfonamides is 2. The summed E-state index contributed by atoms with van der Waals surface area (Å²) >= 11 is 11.9. The van der Waals surface area contributed by atoms with Crippen LogP contribution in [0.3, 0.4) is 0 Å². The number of hydrogen-bond acceptors (Lipinski definition) is 4. The van der Waals surface area contributed by atoms with Gasteiger partial charge in [-0.15, -0.1) is 0 Å². The number of nitrogens with one attached hydrogen (secondary N) is 1. The molecule has 1 aliphatic rings. The maximum Gasteiger partial charge on any atom is 0.263 e. The standard InChI is InChI=1S/C17H18Cl2N2O4S2/c18-15-8-5-9-16(17(15)19)26(22,23)20-13-6-4-7-14(12-13)27(24,25)21-10-2-1-3-11-21/h4-9,12,20H,1-3,10-11H2. The van der Waals surface area contributed by atoms with Gasteiger partial charge in [-0.05, 0) is 43.2 Å². The zero-order valence-electron chi connectivity index (χ0n) is 14.2. The summed E-state index contributed by atoms with van der Waals surface area (Å²) in [5, 5.41) is 0.0183. The second-order valence-electron chi connectivity index (χ2n) is 6.15. The predicted molar refractivity (Wildman–Crippen MR) is 106 cm³/mol. The van der Waals surface area contributed by atoms with Crippen LogP contribution in [0.25, 0.3) is 0 Å². The van der Waals surface area contributed by atoms with E-state index >= 15 is 0 Å². The Bertz CT molecular complexity index is 1050. The molecule has 0 saturated carbocycles. The van der Waals surface area contributed by atoms with Gasteiger partial charge in [0.05, 0.1) is 20.6 Å². The molecule has 146 valence electrons. The minimum absolute atomic E-state index is 0.0433. The number of halogens is 2. The molecule has 27 heavy (non-hydrogen) atoms. The van der Waals surface area contributed by atoms with E-state index in [0.717, 1.165) is 19.3 Å². The molecule has 0 amide bonds. The van der Waals surface area contributed by atoms with Gasteiger partial charge in [0.15, 0.2) is 0 Å². The SMILES string of the molecule is O=S(=O)(Nc1cccc(S(=O)(=O)N2CCCCC2)c1)c1cccc(Cl)c1Cl. The molecule has 0 radical (unpaired) electrons. The highest BCUT2D eigenvalue weighted by molar-refractivity contribution is 7.93. The van der Waals surface area contributed by atoms with Crippen LogP contribution in [-0.2, 0) is 20.0 Å². The molecule has 1 heterocycles. The lowest BCUT2D eigenvalue weighted by atomic mass is 10.2. The average molecular weight is 449 g/mol. The van der Waals surface area contributed by atoms with Gasteiger partial charge in [-0.25, -0.2) is 16.8 Å². The van der Waals surface area contributed by atoms with E-state index in [1.54, 1.807) is 0 Å². The molecule has 0 bridgehead atoms. The van der Waals surface area contributed by atoms with E-state index in [1.807, 2.05) is 0 Å². The topological polar surface area (TPSA) is 83.5 Å². The number of piperidine rings is 1. The summed E-state index contributed by atoms with van der Waals surface area (Å²) in [5.41, 5.74) is 0.129. The minimum Gasteiger partial charge on any atom is -0.280 e. The highest BCUT2D eigenvalue weighted by atomic mass is 35.5. The van der Waals surface area contributed by atoms with Crippen molar-refractivity contribution in [2.75, 3.05) is 17.8 Å². The Morgan fingerprint density at radius 3 is 2.26 bits per heavy atom. The van der Waals surface area contributed by atoms with E-state index in [0.29, 0.717) is 13.1 Å². The molecule has 2 aromatic carbocycles. The van der Waals surface area contributed by atoms with Crippen molar-refractivity contribution in [1.29, 1.82) is 0 Å². The fraction of sp³-hybridized carbons (Fsp3) is 0.294. The monoisotopic (exact) mass is 448 g/mol. The van der Waals surface area contributed by atoms with Gasteiger partial charge in [-0.2, -0.15) is 4.31 Å². The number of benzene rings is 2. The van der Waals surface area contributed by atoms with E-state index in [9.17, 15) is 16.8 Å². The Hall–Kier alpha value is -1.32. The molecule has 2 aromatic rings. The van der Waals surface area contributed by atoms with Crippen molar-refractivity contribution in [2.45, 2.75) is 29.1 Å². The smallest absolute Gasteiger partial charge is 0.263 e. The quantitative estimate of drug-likeness (QED) is 0.749. The second kappa shape index (κ2) is 7.97. The van der Waals surface area contributed by atoms with E-state index in [1.165, 1.54) is 46.8 Å². The van der Waals surface area contributed by atoms with Crippen LogP contribution in [0.4, 0.5) is 5.69 Å². The Labute approximate surface area is 169 Å². The van der Waals surface area contributed by atoms with Crippen LogP contribution in [0.1, 0.15) is 19.3 Å². The third-order valence-corrected chi connectivity index (χ3v) is 8.49. The molecular weight excluding hydrogens is 431 g/mol. The van der Waals surface area contributed by atoms with E-state index < -0.39 is 20.0 Å². The Kier molecular flexibility index (Phi) is 6.02. The van der Waals surface area contributed by atoms with Crippen molar-refractivity contribution < 1.29 is 16.8 Å². The molecule has 0 unspecified atom stereocenters. The first-order valence-electron chi connectivity index (χ1n) is 8.29. The fourth-order valence-electron chi connectivity index (χ4n) is 2.88. The molecule has 1 fully saturated rings. The van der Waals surface area contributed by atoms with Crippen molar-refractivity contribution in [2.24, 2.45) is 0 Å². The van der Waals surface area contributed by atoms with Crippen LogP contribution in [0.2, 0.25) is 10.0 Å². The highest BCUT2D eigenvalue weighted by Crippen LogP contribution is 2.31. The maximum absolute atomic E-state index is 12.8. The van der Waals surface area contributed by atoms with E-state index in [-0.39, 0.29) is 25.5 Å². The average Bonchev–Trinajstić information content (AvgIpc) is 2.64. The second-order valence-corrected chi connectivity index (χ2v) is 10.5. The normalized spacial score (nSPS) is 16.2. The van der Waals surface area contributed by atoms with E-state index in [4.69, 9.17) is 23.2 Å². The lowest BCUT2D eigenvalue weighted by Crippen LogP contribution is -2.35. The minimum atomic E-state index is -4.03. The molecule has 0 aromatic heterocycles. The summed E-state index contributed by atoms with van der Waals surface area (Å²) in [6.45, 7) is 0.937. The molecular formula is C17H18Cl2N2O4S2. The summed E-state index contributed by atoms with van der Waals surface area (Å²) in [5.74, 6) is 0. The van der Waals surface area contributed by atoms with Gasteiger partial charge in [0.2, 0.25) is 10.0 Å². The number of anilines is 1. The fourth-order valence-corrected chi connectivity index (χ4v) is 6.25. The van der Waals surface area contributed by atoms with Crippen LogP contribution in [0.5, 0.6) is 0 Å². The number of hydrogen-bond donors (Lipinski definition) is 1. The molecule has 1 saturated heterocycles. The van der Waals surface area contributed by atoms with Gasteiger partial charge in [-0.3, -0.25) is 4.72 Å². The molecule has 0 spiro atoms. The zero-order valence-corrected chi connectivity index (χ0v) is 17.4. The van der Waals surface area contributed by atoms with Gasteiger partial charge in [0, 0.05) is 13.1 Å². The Balaban J connectivity index is 1.91. The van der Waals surface area contributed by atoms with Crippen LogP contribution in [0, 0.1) is 0 Å². The Morgan fingerprint density at radius 2 is 1.56 bits per heavy atom. The molecule has 10 heteroatoms. The van der Waals surface area contributed by atoms with Gasteiger partial charge < -0.3 is 0 Å². The van der Waals surface area contributed by atoms with Crippen LogP contribution < -0.4 is 4.72 Å². The summed E-state index contributed by atoms with van der Waals surface area (Å²) in [6, 6.07) is 10.0. The largest absolute Gasteiger partial charge is 0.280 e. The maximum atomic E-state index is 12.8. The van der Waals surface area contributed by atoms with Gasteiger partial charge in [0.25, 0.3) is 10.0 Å². The third kappa shape index (κ3) is 4.41. The summed E-state index contributed by atoms with van der Waals surface area (Å²) < 4.78 is 54.6. The van der Waals surface area contributed by atoms with Crippen molar-refractivity contribution in [3.05, 3.63) is 52.5 Å². The van der Waals surface area contributed by atoms with Gasteiger partial charge >= 0.3 is 0 Å². The molecule has 0 aliphatic carbocycles. The zero-order chi connectivity index (χ0) is 19.7.